The van der Waals surface area contributed by atoms with Crippen LogP contribution in [-0.2, 0) is 4.74 Å². The van der Waals surface area contributed by atoms with Crippen LogP contribution in [-0.4, -0.2) is 54.3 Å². The Balaban J connectivity index is 2.02. The zero-order valence-corrected chi connectivity index (χ0v) is 11.5. The highest BCUT2D eigenvalue weighted by molar-refractivity contribution is 5.27. The average Bonchev–Trinajstić information content (AvgIpc) is 2.94. The van der Waals surface area contributed by atoms with E-state index in [1.165, 1.54) is 0 Å². The summed E-state index contributed by atoms with van der Waals surface area (Å²) in [4.78, 5) is 1.91. The monoisotopic (exact) mass is 270 g/mol. The lowest BCUT2D eigenvalue weighted by Crippen LogP contribution is -2.47. The van der Waals surface area contributed by atoms with Gasteiger partial charge in [0.25, 0.3) is 0 Å². The number of morpholine rings is 1. The van der Waals surface area contributed by atoms with E-state index in [1.54, 1.807) is 0 Å². The third-order valence-corrected chi connectivity index (χ3v) is 3.18. The average molecular weight is 270 g/mol. The number of nitrogens with one attached hydrogen (secondary N) is 1. The van der Waals surface area contributed by atoms with E-state index in [2.05, 4.69) is 22.4 Å². The number of aliphatic hydroxyl groups is 1. The summed E-state index contributed by atoms with van der Waals surface area (Å²) in [7, 11) is 0. The summed E-state index contributed by atoms with van der Waals surface area (Å²) in [5.41, 5.74) is 0. The number of hydrogen-bond donors (Lipinski definition) is 2. The molecule has 1 aliphatic rings. The third kappa shape index (κ3) is 3.43. The molecule has 0 saturated carbocycles. The lowest BCUT2D eigenvalue weighted by Gasteiger charge is -2.32. The van der Waals surface area contributed by atoms with Crippen molar-refractivity contribution in [2.24, 2.45) is 0 Å². The van der Waals surface area contributed by atoms with Crippen molar-refractivity contribution in [1.29, 1.82) is 0 Å². The second-order valence-corrected chi connectivity index (χ2v) is 4.70. The molecule has 0 bridgehead atoms. The summed E-state index contributed by atoms with van der Waals surface area (Å²) < 4.78 is 11.0. The standard InChI is InChI=1S/C12H22N4O3/c1-3-4-13-9(2)11-14-15-12(19-11)16-5-6-18-8-10(16)7-17/h9-10,13,17H,3-8H2,1-2H3. The highest BCUT2D eigenvalue weighted by Gasteiger charge is 2.27. The van der Waals surface area contributed by atoms with Crippen molar-refractivity contribution in [3.63, 3.8) is 0 Å². The van der Waals surface area contributed by atoms with Crippen LogP contribution in [0.5, 0.6) is 0 Å². The van der Waals surface area contributed by atoms with Gasteiger partial charge in [0, 0.05) is 6.54 Å². The van der Waals surface area contributed by atoms with Crippen LogP contribution >= 0.6 is 0 Å². The van der Waals surface area contributed by atoms with Crippen molar-refractivity contribution < 1.29 is 14.3 Å². The summed E-state index contributed by atoms with van der Waals surface area (Å²) in [6.45, 7) is 6.78. The highest BCUT2D eigenvalue weighted by atomic mass is 16.5. The molecule has 7 nitrogen and oxygen atoms in total. The molecule has 1 aromatic rings. The quantitative estimate of drug-likeness (QED) is 0.770. The molecule has 2 heterocycles. The second kappa shape index (κ2) is 6.83. The van der Waals surface area contributed by atoms with E-state index in [9.17, 15) is 5.11 Å². The fourth-order valence-corrected chi connectivity index (χ4v) is 2.02. The predicted octanol–water partition coefficient (Wildman–Crippen LogP) is 0.328. The summed E-state index contributed by atoms with van der Waals surface area (Å²) in [5.74, 6) is 0.576. The van der Waals surface area contributed by atoms with E-state index in [0.717, 1.165) is 13.0 Å². The number of nitrogens with zero attached hydrogens (tertiary/aromatic N) is 3. The van der Waals surface area contributed by atoms with Crippen LogP contribution in [0.4, 0.5) is 6.01 Å². The maximum absolute atomic E-state index is 9.33. The summed E-state index contributed by atoms with van der Waals surface area (Å²) in [6, 6.07) is 0.387. The molecule has 0 amide bonds. The van der Waals surface area contributed by atoms with E-state index in [1.807, 2.05) is 11.8 Å². The van der Waals surface area contributed by atoms with Crippen molar-refractivity contribution in [3.05, 3.63) is 5.89 Å². The largest absolute Gasteiger partial charge is 0.406 e. The molecule has 1 aromatic heterocycles. The van der Waals surface area contributed by atoms with Gasteiger partial charge in [-0.05, 0) is 19.9 Å². The van der Waals surface area contributed by atoms with Crippen LogP contribution in [0.2, 0.25) is 0 Å². The van der Waals surface area contributed by atoms with E-state index in [-0.39, 0.29) is 18.7 Å². The minimum atomic E-state index is -0.110. The Morgan fingerprint density at radius 3 is 3.11 bits per heavy atom. The molecule has 1 saturated heterocycles. The van der Waals surface area contributed by atoms with Crippen molar-refractivity contribution >= 4 is 6.01 Å². The number of anilines is 1. The fourth-order valence-electron chi connectivity index (χ4n) is 2.02. The highest BCUT2D eigenvalue weighted by Crippen LogP contribution is 2.20. The molecule has 0 aromatic carbocycles. The minimum absolute atomic E-state index is 0.0152. The third-order valence-electron chi connectivity index (χ3n) is 3.18. The molecule has 108 valence electrons. The van der Waals surface area contributed by atoms with Crippen molar-refractivity contribution in [2.45, 2.75) is 32.4 Å². The molecule has 2 atom stereocenters. The SMILES string of the molecule is CCCNC(C)c1nnc(N2CCOCC2CO)o1. The number of rotatable bonds is 6. The Morgan fingerprint density at radius 2 is 2.37 bits per heavy atom. The Labute approximate surface area is 112 Å². The zero-order chi connectivity index (χ0) is 13.7. The topological polar surface area (TPSA) is 83.7 Å². The van der Waals surface area contributed by atoms with Crippen LogP contribution in [0.1, 0.15) is 32.2 Å². The first-order valence-electron chi connectivity index (χ1n) is 6.78. The van der Waals surface area contributed by atoms with Gasteiger partial charge in [-0.1, -0.05) is 12.0 Å². The lowest BCUT2D eigenvalue weighted by atomic mass is 10.2. The minimum Gasteiger partial charge on any atom is -0.406 e. The van der Waals surface area contributed by atoms with E-state index < -0.39 is 0 Å². The molecule has 2 unspecified atom stereocenters. The molecular formula is C12H22N4O3. The maximum Gasteiger partial charge on any atom is 0.318 e. The zero-order valence-electron chi connectivity index (χ0n) is 11.5. The first kappa shape index (κ1) is 14.2. The van der Waals surface area contributed by atoms with E-state index in [4.69, 9.17) is 9.15 Å². The van der Waals surface area contributed by atoms with Gasteiger partial charge in [0.05, 0.1) is 31.9 Å². The fraction of sp³-hybridized carbons (Fsp3) is 0.833. The van der Waals surface area contributed by atoms with Crippen LogP contribution in [0, 0.1) is 0 Å². The Kier molecular flexibility index (Phi) is 5.12. The number of hydrogen-bond acceptors (Lipinski definition) is 7. The van der Waals surface area contributed by atoms with Gasteiger partial charge in [0.1, 0.15) is 0 Å². The maximum atomic E-state index is 9.33. The molecule has 2 rings (SSSR count). The van der Waals surface area contributed by atoms with E-state index in [0.29, 0.717) is 31.7 Å². The van der Waals surface area contributed by atoms with Crippen LogP contribution in [0.15, 0.2) is 4.42 Å². The summed E-state index contributed by atoms with van der Waals surface area (Å²) in [6.07, 6.45) is 1.06. The summed E-state index contributed by atoms with van der Waals surface area (Å²) >= 11 is 0. The first-order valence-corrected chi connectivity index (χ1v) is 6.78. The number of aliphatic hydroxyl groups excluding tert-OH is 1. The lowest BCUT2D eigenvalue weighted by molar-refractivity contribution is 0.0697. The Bertz CT molecular complexity index is 385. The molecule has 1 aliphatic heterocycles. The normalized spacial score (nSPS) is 21.6. The smallest absolute Gasteiger partial charge is 0.318 e. The van der Waals surface area contributed by atoms with Crippen LogP contribution in [0.3, 0.4) is 0 Å². The van der Waals surface area contributed by atoms with Gasteiger partial charge >= 0.3 is 6.01 Å². The molecule has 1 fully saturated rings. The van der Waals surface area contributed by atoms with Crippen molar-refractivity contribution in [2.75, 3.05) is 37.8 Å². The molecule has 2 N–H and O–H groups in total. The number of aromatic nitrogens is 2. The molecule has 0 spiro atoms. The second-order valence-electron chi connectivity index (χ2n) is 4.70. The van der Waals surface area contributed by atoms with Gasteiger partial charge in [-0.2, -0.15) is 0 Å². The van der Waals surface area contributed by atoms with Gasteiger partial charge < -0.3 is 24.5 Å². The van der Waals surface area contributed by atoms with Gasteiger partial charge in [0.15, 0.2) is 0 Å². The summed E-state index contributed by atoms with van der Waals surface area (Å²) in [5, 5.41) is 20.8. The molecule has 0 radical (unpaired) electrons. The van der Waals surface area contributed by atoms with Gasteiger partial charge in [-0.15, -0.1) is 5.10 Å². The first-order chi connectivity index (χ1) is 9.26. The van der Waals surface area contributed by atoms with Crippen molar-refractivity contribution in [1.82, 2.24) is 15.5 Å². The molecular weight excluding hydrogens is 248 g/mol. The van der Waals surface area contributed by atoms with Crippen molar-refractivity contribution in [3.8, 4) is 0 Å². The van der Waals surface area contributed by atoms with E-state index >= 15 is 0 Å². The molecule has 0 aliphatic carbocycles. The number of ether oxygens (including phenoxy) is 1. The van der Waals surface area contributed by atoms with Crippen LogP contribution in [0.25, 0.3) is 0 Å². The Morgan fingerprint density at radius 1 is 1.53 bits per heavy atom. The molecule has 7 heteroatoms. The molecule has 19 heavy (non-hydrogen) atoms. The van der Waals surface area contributed by atoms with Gasteiger partial charge in [-0.3, -0.25) is 0 Å². The van der Waals surface area contributed by atoms with Gasteiger partial charge in [0.2, 0.25) is 5.89 Å². The van der Waals surface area contributed by atoms with Gasteiger partial charge in [-0.25, -0.2) is 0 Å². The predicted molar refractivity (Wildman–Crippen MR) is 70.0 cm³/mol. The van der Waals surface area contributed by atoms with Crippen LogP contribution < -0.4 is 10.2 Å². The Hall–Kier alpha value is -1.18.